The Kier molecular flexibility index (Phi) is 147. The SMILES string of the molecule is [Al+3].[Zn+2].[Zn+2].[Zn+2]. The fraction of sp³-hybridized carbons (Fsp3) is 0. The summed E-state index contributed by atoms with van der Waals surface area (Å²) in [6, 6.07) is 0. The molecule has 0 aromatic carbocycles. The van der Waals surface area contributed by atoms with E-state index in [0.717, 1.165) is 0 Å². The molecule has 0 saturated carbocycles. The van der Waals surface area contributed by atoms with Gasteiger partial charge in [0.25, 0.3) is 0 Å². The molecule has 0 nitrogen and oxygen atoms in total. The third-order valence-corrected chi connectivity index (χ3v) is 0. The minimum atomic E-state index is 0. The van der Waals surface area contributed by atoms with Gasteiger partial charge in [-0.3, -0.25) is 0 Å². The van der Waals surface area contributed by atoms with Gasteiger partial charge in [0.15, 0.2) is 0 Å². The minimum Gasteiger partial charge on any atom is 2.00 e. The molecule has 0 bridgehead atoms. The first-order chi connectivity index (χ1) is 0. The molecule has 0 unspecified atom stereocenters. The van der Waals surface area contributed by atoms with Gasteiger partial charge in [0, 0.05) is 0 Å². The largest absolute Gasteiger partial charge is 3.00 e. The maximum atomic E-state index is 0. The summed E-state index contributed by atoms with van der Waals surface area (Å²) in [5.41, 5.74) is 0. The molecule has 0 amide bonds. The first-order valence-corrected chi connectivity index (χ1v) is 0. The van der Waals surface area contributed by atoms with E-state index in [2.05, 4.69) is 0 Å². The van der Waals surface area contributed by atoms with E-state index in [-0.39, 0.29) is 75.8 Å². The number of hydrogen-bond donors (Lipinski definition) is 0. The van der Waals surface area contributed by atoms with E-state index in [1.165, 1.54) is 0 Å². The summed E-state index contributed by atoms with van der Waals surface area (Å²) in [6.07, 6.45) is 0. The van der Waals surface area contributed by atoms with Crippen LogP contribution < -0.4 is 0 Å². The van der Waals surface area contributed by atoms with Gasteiger partial charge in [-0.2, -0.15) is 0 Å². The smallest absolute Gasteiger partial charge is 2.00 e. The number of rotatable bonds is 0. The number of hydrogen-bond acceptors (Lipinski definition) is 0. The van der Waals surface area contributed by atoms with Crippen LogP contribution in [0.15, 0.2) is 0 Å². The molecule has 0 valence electrons. The topological polar surface area (TPSA) is 0 Å². The summed E-state index contributed by atoms with van der Waals surface area (Å²) in [7, 11) is 0. The van der Waals surface area contributed by atoms with Crippen molar-refractivity contribution in [3.05, 3.63) is 0 Å². The predicted molar refractivity (Wildman–Crippen MR) is 5.75 cm³/mol. The van der Waals surface area contributed by atoms with Crippen LogP contribution in [0.1, 0.15) is 0 Å². The van der Waals surface area contributed by atoms with E-state index >= 15 is 0 Å². The van der Waals surface area contributed by atoms with Gasteiger partial charge in [-0.1, -0.05) is 0 Å². The normalized spacial score (nSPS) is 0. The van der Waals surface area contributed by atoms with Gasteiger partial charge >= 0.3 is 75.8 Å². The molecular formula is AlZn3+9. The summed E-state index contributed by atoms with van der Waals surface area (Å²) in [5, 5.41) is 0. The molecule has 0 aliphatic heterocycles. The van der Waals surface area contributed by atoms with E-state index in [4.69, 9.17) is 0 Å². The van der Waals surface area contributed by atoms with Gasteiger partial charge in [0.05, 0.1) is 0 Å². The maximum absolute atomic E-state index is 0. The zero-order valence-electron chi connectivity index (χ0n) is 2.70. The van der Waals surface area contributed by atoms with Crippen molar-refractivity contribution in [3.8, 4) is 0 Å². The van der Waals surface area contributed by atoms with Gasteiger partial charge in [0.2, 0.25) is 0 Å². The van der Waals surface area contributed by atoms with Crippen LogP contribution in [-0.4, -0.2) is 17.4 Å². The standard InChI is InChI=1S/Al.3Zn/q+3;3*+2. The van der Waals surface area contributed by atoms with E-state index in [1.54, 1.807) is 0 Å². The van der Waals surface area contributed by atoms with Crippen molar-refractivity contribution in [1.82, 2.24) is 0 Å². The first-order valence-electron chi connectivity index (χ1n) is 0. The summed E-state index contributed by atoms with van der Waals surface area (Å²) >= 11 is 0. The Morgan fingerprint density at radius 2 is 0.500 bits per heavy atom. The van der Waals surface area contributed by atoms with Crippen molar-refractivity contribution < 1.29 is 58.4 Å². The van der Waals surface area contributed by atoms with Gasteiger partial charge in [-0.25, -0.2) is 0 Å². The molecule has 0 radical (unpaired) electrons. The van der Waals surface area contributed by atoms with Gasteiger partial charge < -0.3 is 0 Å². The summed E-state index contributed by atoms with van der Waals surface area (Å²) in [6.45, 7) is 0. The molecule has 4 heteroatoms. The average molecular weight is 223 g/mol. The second kappa shape index (κ2) is 18.1. The Morgan fingerprint density at radius 3 is 0.500 bits per heavy atom. The molecule has 0 aliphatic rings. The Bertz CT molecular complexity index is 3.25. The monoisotopic (exact) mass is 219 g/mol. The van der Waals surface area contributed by atoms with Crippen molar-refractivity contribution in [3.63, 3.8) is 0 Å². The van der Waals surface area contributed by atoms with Crippen LogP contribution in [0.3, 0.4) is 0 Å². The van der Waals surface area contributed by atoms with Crippen LogP contribution in [0, 0.1) is 0 Å². The summed E-state index contributed by atoms with van der Waals surface area (Å²) in [4.78, 5) is 0. The zero-order chi connectivity index (χ0) is 0. The van der Waals surface area contributed by atoms with Gasteiger partial charge in [-0.15, -0.1) is 0 Å². The second-order valence-electron chi connectivity index (χ2n) is 0. The summed E-state index contributed by atoms with van der Waals surface area (Å²) in [5.74, 6) is 0. The minimum absolute atomic E-state index is 0. The second-order valence-corrected chi connectivity index (χ2v) is 0. The summed E-state index contributed by atoms with van der Waals surface area (Å²) < 4.78 is 0. The third-order valence-electron chi connectivity index (χ3n) is 0. The Hall–Kier alpha value is 2.40. The Labute approximate surface area is 74.9 Å². The molecule has 4 heavy (non-hydrogen) atoms. The van der Waals surface area contributed by atoms with Crippen LogP contribution >= 0.6 is 0 Å². The molecule has 0 fully saturated rings. The van der Waals surface area contributed by atoms with E-state index < -0.39 is 0 Å². The van der Waals surface area contributed by atoms with Crippen LogP contribution in [-0.2, 0) is 58.4 Å². The molecule has 0 aromatic rings. The molecule has 0 spiro atoms. The Balaban J connectivity index is 0. The molecule has 0 saturated heterocycles. The molecule has 0 aliphatic carbocycles. The van der Waals surface area contributed by atoms with Crippen molar-refractivity contribution in [1.29, 1.82) is 0 Å². The van der Waals surface area contributed by atoms with Crippen LogP contribution in [0.25, 0.3) is 0 Å². The third kappa shape index (κ3) is 8.83. The van der Waals surface area contributed by atoms with Crippen molar-refractivity contribution in [2.24, 2.45) is 0 Å². The molecule has 0 rings (SSSR count). The van der Waals surface area contributed by atoms with Crippen molar-refractivity contribution in [2.45, 2.75) is 0 Å². The Morgan fingerprint density at radius 1 is 0.500 bits per heavy atom. The van der Waals surface area contributed by atoms with E-state index in [1.807, 2.05) is 0 Å². The molecule has 0 aromatic heterocycles. The van der Waals surface area contributed by atoms with Crippen molar-refractivity contribution >= 4 is 17.4 Å². The van der Waals surface area contributed by atoms with Crippen LogP contribution in [0.4, 0.5) is 0 Å². The van der Waals surface area contributed by atoms with Crippen molar-refractivity contribution in [2.75, 3.05) is 0 Å². The molecular weight excluding hydrogens is 223 g/mol. The van der Waals surface area contributed by atoms with Gasteiger partial charge in [-0.05, 0) is 0 Å². The fourth-order valence-electron chi connectivity index (χ4n) is 0. The van der Waals surface area contributed by atoms with Crippen LogP contribution in [0.2, 0.25) is 0 Å². The molecule has 0 atom stereocenters. The molecule has 0 heterocycles. The fourth-order valence-corrected chi connectivity index (χ4v) is 0. The zero-order valence-corrected chi connectivity index (χ0v) is 12.8. The maximum Gasteiger partial charge on any atom is 3.00 e. The van der Waals surface area contributed by atoms with E-state index in [9.17, 15) is 0 Å². The first kappa shape index (κ1) is 32.4. The molecule has 0 N–H and O–H groups in total. The predicted octanol–water partition coefficient (Wildman–Crippen LogP) is -0.388. The quantitative estimate of drug-likeness (QED) is 0.491. The van der Waals surface area contributed by atoms with E-state index in [0.29, 0.717) is 0 Å². The van der Waals surface area contributed by atoms with Crippen LogP contribution in [0.5, 0.6) is 0 Å². The average Bonchev–Trinajstić information content (AvgIpc) is 0. The van der Waals surface area contributed by atoms with Gasteiger partial charge in [0.1, 0.15) is 0 Å².